The lowest BCUT2D eigenvalue weighted by Crippen LogP contribution is -2.45. The lowest BCUT2D eigenvalue weighted by Gasteiger charge is -2.33. The molecule has 3 heterocycles. The maximum absolute atomic E-state index is 12.5. The van der Waals surface area contributed by atoms with E-state index in [1.54, 1.807) is 28.8 Å². The highest BCUT2D eigenvalue weighted by molar-refractivity contribution is 6.30. The highest BCUT2D eigenvalue weighted by atomic mass is 35.5. The van der Waals surface area contributed by atoms with Gasteiger partial charge in [0.1, 0.15) is 5.82 Å². The topological polar surface area (TPSA) is 75.4 Å². The maximum Gasteiger partial charge on any atom is 0.251 e. The molecule has 5 rings (SSSR count). The predicted octanol–water partition coefficient (Wildman–Crippen LogP) is 3.84. The number of amides is 1. The quantitative estimate of drug-likeness (QED) is 0.530. The average molecular weight is 433 g/mol. The number of fused-ring (bicyclic) bond motifs is 1. The third-order valence-electron chi connectivity index (χ3n) is 5.54. The van der Waals surface area contributed by atoms with Crippen molar-refractivity contribution in [3.63, 3.8) is 0 Å². The van der Waals surface area contributed by atoms with E-state index in [2.05, 4.69) is 20.4 Å². The summed E-state index contributed by atoms with van der Waals surface area (Å²) in [6.45, 7) is 1.62. The number of aromatic nitrogens is 4. The van der Waals surface area contributed by atoms with E-state index in [1.165, 1.54) is 0 Å². The van der Waals surface area contributed by atoms with E-state index in [-0.39, 0.29) is 11.9 Å². The summed E-state index contributed by atoms with van der Waals surface area (Å²) in [4.78, 5) is 14.7. The van der Waals surface area contributed by atoms with Crippen molar-refractivity contribution in [1.29, 1.82) is 0 Å². The molecule has 0 saturated carbocycles. The lowest BCUT2D eigenvalue weighted by molar-refractivity contribution is 0.0931. The van der Waals surface area contributed by atoms with Crippen LogP contribution in [0.3, 0.4) is 0 Å². The molecule has 0 radical (unpaired) electrons. The van der Waals surface area contributed by atoms with E-state index in [0.717, 1.165) is 43.1 Å². The fourth-order valence-electron chi connectivity index (χ4n) is 3.84. The summed E-state index contributed by atoms with van der Waals surface area (Å²) in [5.41, 5.74) is 2.32. The molecule has 0 aliphatic carbocycles. The van der Waals surface area contributed by atoms with Crippen LogP contribution < -0.4 is 10.2 Å². The molecule has 156 valence electrons. The third kappa shape index (κ3) is 4.09. The molecule has 0 spiro atoms. The minimum Gasteiger partial charge on any atom is -0.355 e. The molecule has 2 aromatic carbocycles. The first-order valence-electron chi connectivity index (χ1n) is 10.3. The third-order valence-corrected chi connectivity index (χ3v) is 5.79. The minimum atomic E-state index is -0.0633. The number of hydrogen-bond acceptors (Lipinski definition) is 5. The summed E-state index contributed by atoms with van der Waals surface area (Å²) in [7, 11) is 0. The Kier molecular flexibility index (Phi) is 5.26. The molecule has 0 bridgehead atoms. The molecule has 1 aliphatic heterocycles. The Hall–Kier alpha value is -3.45. The van der Waals surface area contributed by atoms with Crippen molar-refractivity contribution in [3.05, 3.63) is 77.3 Å². The van der Waals surface area contributed by atoms with Crippen molar-refractivity contribution in [2.24, 2.45) is 0 Å². The van der Waals surface area contributed by atoms with Gasteiger partial charge < -0.3 is 10.2 Å². The molecular formula is C23H21ClN6O. The van der Waals surface area contributed by atoms with Crippen LogP contribution in [0, 0.1) is 0 Å². The van der Waals surface area contributed by atoms with Crippen molar-refractivity contribution in [1.82, 2.24) is 25.1 Å². The van der Waals surface area contributed by atoms with Gasteiger partial charge in [0.25, 0.3) is 5.91 Å². The van der Waals surface area contributed by atoms with Crippen LogP contribution in [0.15, 0.2) is 66.7 Å². The number of halogens is 1. The molecule has 8 heteroatoms. The molecule has 1 saturated heterocycles. The second-order valence-electron chi connectivity index (χ2n) is 7.59. The number of hydrogen-bond donors (Lipinski definition) is 1. The summed E-state index contributed by atoms with van der Waals surface area (Å²) < 4.78 is 1.79. The average Bonchev–Trinajstić information content (AvgIpc) is 3.24. The van der Waals surface area contributed by atoms with Crippen molar-refractivity contribution in [2.75, 3.05) is 18.0 Å². The number of carbonyl (C=O) groups excluding carboxylic acids is 1. The standard InChI is InChI=1S/C23H21ClN6O/c24-18-8-6-17(7-9-18)23(31)25-19-12-14-29(15-13-19)21-11-10-20-26-27-22(30(20)28-21)16-4-2-1-3-5-16/h1-11,19H,12-15H2,(H,25,31). The van der Waals surface area contributed by atoms with Crippen molar-refractivity contribution in [2.45, 2.75) is 18.9 Å². The molecule has 1 N–H and O–H groups in total. The van der Waals surface area contributed by atoms with Crippen molar-refractivity contribution in [3.8, 4) is 11.4 Å². The molecule has 4 aromatic rings. The lowest BCUT2D eigenvalue weighted by atomic mass is 10.0. The van der Waals surface area contributed by atoms with Gasteiger partial charge in [-0.05, 0) is 49.2 Å². The summed E-state index contributed by atoms with van der Waals surface area (Å²) in [6, 6.07) is 20.9. The van der Waals surface area contributed by atoms with Gasteiger partial charge in [-0.1, -0.05) is 41.9 Å². The molecule has 1 aliphatic rings. The smallest absolute Gasteiger partial charge is 0.251 e. The Morgan fingerprint density at radius 2 is 1.68 bits per heavy atom. The number of carbonyl (C=O) groups is 1. The summed E-state index contributed by atoms with van der Waals surface area (Å²) in [6.07, 6.45) is 1.71. The molecule has 31 heavy (non-hydrogen) atoms. The predicted molar refractivity (Wildman–Crippen MR) is 120 cm³/mol. The van der Waals surface area contributed by atoms with Gasteiger partial charge >= 0.3 is 0 Å². The van der Waals surface area contributed by atoms with Crippen LogP contribution in [0.2, 0.25) is 5.02 Å². The number of rotatable bonds is 4. The molecule has 1 amide bonds. The van der Waals surface area contributed by atoms with Crippen LogP contribution in [0.4, 0.5) is 5.82 Å². The molecular weight excluding hydrogens is 412 g/mol. The van der Waals surface area contributed by atoms with Crippen molar-refractivity contribution < 1.29 is 4.79 Å². The Labute approximate surface area is 184 Å². The number of nitrogens with zero attached hydrogens (tertiary/aromatic N) is 5. The highest BCUT2D eigenvalue weighted by Crippen LogP contribution is 2.22. The fraction of sp³-hybridized carbons (Fsp3) is 0.217. The van der Waals surface area contributed by atoms with Gasteiger partial charge in [-0.15, -0.1) is 15.3 Å². The van der Waals surface area contributed by atoms with E-state index in [1.807, 2.05) is 42.5 Å². The molecule has 0 atom stereocenters. The monoisotopic (exact) mass is 432 g/mol. The Bertz CT molecular complexity index is 1200. The van der Waals surface area contributed by atoms with Gasteiger partial charge in [0.05, 0.1) is 0 Å². The summed E-state index contributed by atoms with van der Waals surface area (Å²) in [5, 5.41) is 17.1. The van der Waals surface area contributed by atoms with Gasteiger partial charge in [-0.25, -0.2) is 0 Å². The number of nitrogens with one attached hydrogen (secondary N) is 1. The first-order chi connectivity index (χ1) is 15.2. The normalized spacial score (nSPS) is 14.7. The summed E-state index contributed by atoms with van der Waals surface area (Å²) >= 11 is 5.90. The molecule has 2 aromatic heterocycles. The second-order valence-corrected chi connectivity index (χ2v) is 8.03. The molecule has 1 fully saturated rings. The van der Waals surface area contributed by atoms with E-state index in [4.69, 9.17) is 16.7 Å². The highest BCUT2D eigenvalue weighted by Gasteiger charge is 2.23. The van der Waals surface area contributed by atoms with Crippen LogP contribution in [-0.2, 0) is 0 Å². The summed E-state index contributed by atoms with van der Waals surface area (Å²) in [5.74, 6) is 1.54. The Morgan fingerprint density at radius 1 is 0.935 bits per heavy atom. The number of anilines is 1. The van der Waals surface area contributed by atoms with Gasteiger partial charge in [0.15, 0.2) is 11.5 Å². The van der Waals surface area contributed by atoms with Crippen LogP contribution in [0.25, 0.3) is 17.0 Å². The largest absolute Gasteiger partial charge is 0.355 e. The zero-order valence-electron chi connectivity index (χ0n) is 16.8. The first kappa shape index (κ1) is 19.5. The second kappa shape index (κ2) is 8.35. The zero-order valence-corrected chi connectivity index (χ0v) is 17.5. The minimum absolute atomic E-state index is 0.0633. The van der Waals surface area contributed by atoms with E-state index in [9.17, 15) is 4.79 Å². The first-order valence-corrected chi connectivity index (χ1v) is 10.6. The van der Waals surface area contributed by atoms with Crippen LogP contribution in [0.1, 0.15) is 23.2 Å². The maximum atomic E-state index is 12.5. The van der Waals surface area contributed by atoms with E-state index < -0.39 is 0 Å². The van der Waals surface area contributed by atoms with E-state index in [0.29, 0.717) is 16.2 Å². The zero-order chi connectivity index (χ0) is 21.2. The van der Waals surface area contributed by atoms with Crippen LogP contribution in [-0.4, -0.2) is 44.8 Å². The molecule has 7 nitrogen and oxygen atoms in total. The molecule has 0 unspecified atom stereocenters. The van der Waals surface area contributed by atoms with Crippen LogP contribution >= 0.6 is 11.6 Å². The van der Waals surface area contributed by atoms with Crippen molar-refractivity contribution >= 4 is 29.0 Å². The van der Waals surface area contributed by atoms with E-state index >= 15 is 0 Å². The van der Waals surface area contributed by atoms with Gasteiger partial charge in [-0.3, -0.25) is 4.79 Å². The van der Waals surface area contributed by atoms with Gasteiger partial charge in [-0.2, -0.15) is 4.52 Å². The van der Waals surface area contributed by atoms with Crippen LogP contribution in [0.5, 0.6) is 0 Å². The number of piperidine rings is 1. The van der Waals surface area contributed by atoms with Gasteiger partial charge in [0, 0.05) is 35.3 Å². The number of benzene rings is 2. The fourth-order valence-corrected chi connectivity index (χ4v) is 3.96. The Balaban J connectivity index is 1.27. The Morgan fingerprint density at radius 3 is 2.42 bits per heavy atom. The SMILES string of the molecule is O=C(NC1CCN(c2ccc3nnc(-c4ccccc4)n3n2)CC1)c1ccc(Cl)cc1. The van der Waals surface area contributed by atoms with Gasteiger partial charge in [0.2, 0.25) is 0 Å².